The van der Waals surface area contributed by atoms with Crippen LogP contribution in [-0.2, 0) is 0 Å². The molecule has 1 aliphatic heterocycles. The third-order valence-corrected chi connectivity index (χ3v) is 2.63. The molecule has 0 saturated carbocycles. The summed E-state index contributed by atoms with van der Waals surface area (Å²) in [6.07, 6.45) is 0. The molecule has 3 heteroatoms. The van der Waals surface area contributed by atoms with Gasteiger partial charge in [0.1, 0.15) is 5.82 Å². The van der Waals surface area contributed by atoms with Crippen molar-refractivity contribution in [3.05, 3.63) is 35.1 Å². The summed E-state index contributed by atoms with van der Waals surface area (Å²) >= 11 is 0. The van der Waals surface area contributed by atoms with Gasteiger partial charge in [-0.15, -0.1) is 0 Å². The van der Waals surface area contributed by atoms with Crippen molar-refractivity contribution >= 4 is 0 Å². The van der Waals surface area contributed by atoms with E-state index < -0.39 is 0 Å². The topological polar surface area (TPSA) is 24.1 Å². The lowest BCUT2D eigenvalue weighted by Crippen LogP contribution is -2.42. The van der Waals surface area contributed by atoms with Crippen LogP contribution in [0, 0.1) is 12.7 Å². The second-order valence-electron chi connectivity index (χ2n) is 3.72. The SMILES string of the molecule is Cc1cc([C@@H]2CNCCN2)ccc1F. The first-order chi connectivity index (χ1) is 6.77. The van der Waals surface area contributed by atoms with Gasteiger partial charge in [0.15, 0.2) is 0 Å². The van der Waals surface area contributed by atoms with Crippen LogP contribution < -0.4 is 10.6 Å². The molecule has 0 aromatic heterocycles. The normalized spacial score (nSPS) is 22.3. The molecule has 0 bridgehead atoms. The Hall–Kier alpha value is -0.930. The molecule has 0 amide bonds. The maximum absolute atomic E-state index is 13.0. The monoisotopic (exact) mass is 194 g/mol. The lowest BCUT2D eigenvalue weighted by atomic mass is 10.0. The quantitative estimate of drug-likeness (QED) is 0.705. The predicted octanol–water partition coefficient (Wildman–Crippen LogP) is 1.37. The van der Waals surface area contributed by atoms with E-state index in [0.717, 1.165) is 30.8 Å². The number of rotatable bonds is 1. The average Bonchev–Trinajstić information content (AvgIpc) is 2.23. The average molecular weight is 194 g/mol. The van der Waals surface area contributed by atoms with Crippen molar-refractivity contribution in [1.29, 1.82) is 0 Å². The molecule has 2 N–H and O–H groups in total. The van der Waals surface area contributed by atoms with Gasteiger partial charge in [-0.05, 0) is 24.1 Å². The molecule has 1 saturated heterocycles. The fourth-order valence-electron chi connectivity index (χ4n) is 1.77. The zero-order chi connectivity index (χ0) is 9.97. The second kappa shape index (κ2) is 4.07. The van der Waals surface area contributed by atoms with E-state index in [4.69, 9.17) is 0 Å². The smallest absolute Gasteiger partial charge is 0.126 e. The number of piperazine rings is 1. The van der Waals surface area contributed by atoms with Crippen LogP contribution in [0.3, 0.4) is 0 Å². The van der Waals surface area contributed by atoms with Crippen LogP contribution in [-0.4, -0.2) is 19.6 Å². The summed E-state index contributed by atoms with van der Waals surface area (Å²) in [6.45, 7) is 4.71. The van der Waals surface area contributed by atoms with Crippen LogP contribution in [0.4, 0.5) is 4.39 Å². The summed E-state index contributed by atoms with van der Waals surface area (Å²) in [7, 11) is 0. The van der Waals surface area contributed by atoms with Crippen LogP contribution in [0.2, 0.25) is 0 Å². The Kier molecular flexibility index (Phi) is 2.79. The highest BCUT2D eigenvalue weighted by Gasteiger charge is 2.14. The van der Waals surface area contributed by atoms with Crippen molar-refractivity contribution < 1.29 is 4.39 Å². The number of benzene rings is 1. The summed E-state index contributed by atoms with van der Waals surface area (Å²) in [6, 6.07) is 5.64. The highest BCUT2D eigenvalue weighted by molar-refractivity contribution is 5.27. The van der Waals surface area contributed by atoms with Crippen molar-refractivity contribution in [3.63, 3.8) is 0 Å². The molecule has 0 unspecified atom stereocenters. The van der Waals surface area contributed by atoms with E-state index in [-0.39, 0.29) is 5.82 Å². The van der Waals surface area contributed by atoms with Crippen LogP contribution >= 0.6 is 0 Å². The van der Waals surface area contributed by atoms with Gasteiger partial charge in [-0.25, -0.2) is 4.39 Å². The van der Waals surface area contributed by atoms with E-state index in [0.29, 0.717) is 6.04 Å². The zero-order valence-corrected chi connectivity index (χ0v) is 8.31. The first kappa shape index (κ1) is 9.62. The summed E-state index contributed by atoms with van der Waals surface area (Å²) in [5.41, 5.74) is 1.88. The van der Waals surface area contributed by atoms with Crippen molar-refractivity contribution in [2.75, 3.05) is 19.6 Å². The fourth-order valence-corrected chi connectivity index (χ4v) is 1.77. The maximum atomic E-state index is 13.0. The first-order valence-electron chi connectivity index (χ1n) is 4.97. The Bertz CT molecular complexity index is 319. The van der Waals surface area contributed by atoms with E-state index >= 15 is 0 Å². The lowest BCUT2D eigenvalue weighted by molar-refractivity contribution is 0.429. The summed E-state index contributed by atoms with van der Waals surface area (Å²) in [4.78, 5) is 0. The Morgan fingerprint density at radius 2 is 2.21 bits per heavy atom. The highest BCUT2D eigenvalue weighted by Crippen LogP contribution is 2.17. The molecule has 76 valence electrons. The minimum absolute atomic E-state index is 0.127. The van der Waals surface area contributed by atoms with E-state index in [1.165, 1.54) is 0 Å². The fraction of sp³-hybridized carbons (Fsp3) is 0.455. The second-order valence-corrected chi connectivity index (χ2v) is 3.72. The van der Waals surface area contributed by atoms with Crippen LogP contribution in [0.15, 0.2) is 18.2 Å². The minimum atomic E-state index is -0.127. The molecule has 0 spiro atoms. The molecule has 1 aliphatic rings. The largest absolute Gasteiger partial charge is 0.314 e. The van der Waals surface area contributed by atoms with Crippen LogP contribution in [0.1, 0.15) is 17.2 Å². The Labute approximate surface area is 83.5 Å². The Morgan fingerprint density at radius 1 is 1.36 bits per heavy atom. The van der Waals surface area contributed by atoms with Gasteiger partial charge in [0.05, 0.1) is 0 Å². The van der Waals surface area contributed by atoms with E-state index in [1.54, 1.807) is 13.0 Å². The van der Waals surface area contributed by atoms with Crippen molar-refractivity contribution in [1.82, 2.24) is 10.6 Å². The molecule has 14 heavy (non-hydrogen) atoms. The van der Waals surface area contributed by atoms with Crippen LogP contribution in [0.25, 0.3) is 0 Å². The standard InChI is InChI=1S/C11H15FN2/c1-8-6-9(2-3-10(8)12)11-7-13-4-5-14-11/h2-3,6,11,13-14H,4-5,7H2,1H3/t11-/m0/s1. The molecule has 2 nitrogen and oxygen atoms in total. The molecule has 1 heterocycles. The molecule has 1 aromatic rings. The van der Waals surface area contributed by atoms with Crippen molar-refractivity contribution in [2.24, 2.45) is 0 Å². The minimum Gasteiger partial charge on any atom is -0.314 e. The van der Waals surface area contributed by atoms with Gasteiger partial charge in [-0.3, -0.25) is 0 Å². The van der Waals surface area contributed by atoms with Crippen molar-refractivity contribution in [2.45, 2.75) is 13.0 Å². The Morgan fingerprint density at radius 3 is 2.86 bits per heavy atom. The highest BCUT2D eigenvalue weighted by atomic mass is 19.1. The third kappa shape index (κ3) is 1.94. The van der Waals surface area contributed by atoms with E-state index in [1.807, 2.05) is 12.1 Å². The number of halogens is 1. The lowest BCUT2D eigenvalue weighted by Gasteiger charge is -2.25. The van der Waals surface area contributed by atoms with Crippen molar-refractivity contribution in [3.8, 4) is 0 Å². The number of hydrogen-bond acceptors (Lipinski definition) is 2. The summed E-state index contributed by atoms with van der Waals surface area (Å²) < 4.78 is 13.0. The summed E-state index contributed by atoms with van der Waals surface area (Å²) in [5.74, 6) is -0.127. The van der Waals surface area contributed by atoms with Crippen LogP contribution in [0.5, 0.6) is 0 Å². The number of nitrogens with one attached hydrogen (secondary N) is 2. The number of aryl methyl sites for hydroxylation is 1. The van der Waals surface area contributed by atoms with Gasteiger partial charge in [0.25, 0.3) is 0 Å². The van der Waals surface area contributed by atoms with E-state index in [2.05, 4.69) is 10.6 Å². The Balaban J connectivity index is 2.18. The van der Waals surface area contributed by atoms with E-state index in [9.17, 15) is 4.39 Å². The third-order valence-electron chi connectivity index (χ3n) is 2.63. The first-order valence-corrected chi connectivity index (χ1v) is 4.97. The molecule has 0 radical (unpaired) electrons. The molecule has 1 aromatic carbocycles. The van der Waals surface area contributed by atoms with Gasteiger partial charge in [-0.2, -0.15) is 0 Å². The van der Waals surface area contributed by atoms with Gasteiger partial charge >= 0.3 is 0 Å². The maximum Gasteiger partial charge on any atom is 0.126 e. The van der Waals surface area contributed by atoms with Gasteiger partial charge in [0, 0.05) is 25.7 Å². The molecule has 0 aliphatic carbocycles. The molecule has 1 atom stereocenters. The van der Waals surface area contributed by atoms with Gasteiger partial charge in [0.2, 0.25) is 0 Å². The number of hydrogen-bond donors (Lipinski definition) is 2. The molecule has 2 rings (SSSR count). The zero-order valence-electron chi connectivity index (χ0n) is 8.31. The van der Waals surface area contributed by atoms with Gasteiger partial charge < -0.3 is 10.6 Å². The molecule has 1 fully saturated rings. The molecular weight excluding hydrogens is 179 g/mol. The summed E-state index contributed by atoms with van der Waals surface area (Å²) in [5, 5.41) is 6.71. The van der Waals surface area contributed by atoms with Gasteiger partial charge in [-0.1, -0.05) is 12.1 Å². The predicted molar refractivity (Wildman–Crippen MR) is 54.8 cm³/mol. The molecular formula is C11H15FN2.